The van der Waals surface area contributed by atoms with Crippen LogP contribution >= 0.6 is 0 Å². The maximum absolute atomic E-state index is 13.5. The van der Waals surface area contributed by atoms with Gasteiger partial charge in [-0.1, -0.05) is 44.5 Å². The van der Waals surface area contributed by atoms with Gasteiger partial charge in [0.05, 0.1) is 7.11 Å². The summed E-state index contributed by atoms with van der Waals surface area (Å²) in [4.78, 5) is 0. The van der Waals surface area contributed by atoms with Crippen molar-refractivity contribution in [1.29, 1.82) is 0 Å². The molecule has 2 aromatic rings. The lowest BCUT2D eigenvalue weighted by molar-refractivity contribution is 0.415. The van der Waals surface area contributed by atoms with E-state index in [1.54, 1.807) is 13.2 Å². The van der Waals surface area contributed by atoms with Crippen molar-refractivity contribution in [2.75, 3.05) is 7.11 Å². The van der Waals surface area contributed by atoms with Crippen LogP contribution < -0.4 is 10.5 Å². The van der Waals surface area contributed by atoms with E-state index in [9.17, 15) is 4.39 Å². The van der Waals surface area contributed by atoms with Crippen LogP contribution in [0, 0.1) is 11.7 Å². The van der Waals surface area contributed by atoms with Crippen LogP contribution in [-0.4, -0.2) is 13.2 Å². The van der Waals surface area contributed by atoms with Crippen LogP contribution in [0.3, 0.4) is 0 Å². The first-order valence-corrected chi connectivity index (χ1v) is 8.22. The summed E-state index contributed by atoms with van der Waals surface area (Å²) in [6.45, 7) is 4.43. The standard InChI is InChI=1S/C20H26FNO/c1-4-14(2)11-18(22)12-15-5-7-16(8-6-15)19-13-17(21)9-10-20(19)23-3/h5-10,13-14,18H,4,11-12,22H2,1-3H3/t14?,18-/m0/s1. The maximum Gasteiger partial charge on any atom is 0.126 e. The molecule has 0 aliphatic carbocycles. The molecule has 0 saturated heterocycles. The summed E-state index contributed by atoms with van der Waals surface area (Å²) >= 11 is 0. The predicted octanol–water partition coefficient (Wildman–Crippen LogP) is 4.81. The molecular weight excluding hydrogens is 289 g/mol. The first kappa shape index (κ1) is 17.5. The third-order valence-electron chi connectivity index (χ3n) is 4.33. The fourth-order valence-corrected chi connectivity index (χ4v) is 2.80. The second-order valence-electron chi connectivity index (χ2n) is 6.25. The molecule has 0 heterocycles. The fraction of sp³-hybridized carbons (Fsp3) is 0.400. The smallest absolute Gasteiger partial charge is 0.126 e. The first-order valence-electron chi connectivity index (χ1n) is 8.22. The summed E-state index contributed by atoms with van der Waals surface area (Å²) in [6, 6.07) is 12.9. The Morgan fingerprint density at radius 3 is 2.43 bits per heavy atom. The molecule has 2 atom stereocenters. The van der Waals surface area contributed by atoms with E-state index in [4.69, 9.17) is 10.5 Å². The molecule has 2 nitrogen and oxygen atoms in total. The van der Waals surface area contributed by atoms with Crippen molar-refractivity contribution >= 4 is 0 Å². The average Bonchev–Trinajstić information content (AvgIpc) is 2.55. The number of methoxy groups -OCH3 is 1. The number of ether oxygens (including phenoxy) is 1. The highest BCUT2D eigenvalue weighted by Gasteiger charge is 2.10. The van der Waals surface area contributed by atoms with E-state index >= 15 is 0 Å². The summed E-state index contributed by atoms with van der Waals surface area (Å²) in [5.74, 6) is 1.06. The number of benzene rings is 2. The van der Waals surface area contributed by atoms with E-state index in [0.717, 1.165) is 30.4 Å². The van der Waals surface area contributed by atoms with Gasteiger partial charge in [-0.05, 0) is 48.1 Å². The number of nitrogens with two attached hydrogens (primary N) is 1. The van der Waals surface area contributed by atoms with E-state index < -0.39 is 0 Å². The lowest BCUT2D eigenvalue weighted by Crippen LogP contribution is -2.25. The van der Waals surface area contributed by atoms with Gasteiger partial charge in [0.25, 0.3) is 0 Å². The van der Waals surface area contributed by atoms with Crippen molar-refractivity contribution in [2.24, 2.45) is 11.7 Å². The van der Waals surface area contributed by atoms with E-state index in [0.29, 0.717) is 11.7 Å². The van der Waals surface area contributed by atoms with Gasteiger partial charge in [0.2, 0.25) is 0 Å². The van der Waals surface area contributed by atoms with Crippen LogP contribution in [0.15, 0.2) is 42.5 Å². The zero-order valence-electron chi connectivity index (χ0n) is 14.2. The SMILES string of the molecule is CCC(C)C[C@H](N)Cc1ccc(-c2cc(F)ccc2OC)cc1. The van der Waals surface area contributed by atoms with Gasteiger partial charge in [0, 0.05) is 11.6 Å². The Kier molecular flexibility index (Phi) is 6.17. The molecule has 1 unspecified atom stereocenters. The molecule has 0 bridgehead atoms. The monoisotopic (exact) mass is 315 g/mol. The first-order chi connectivity index (χ1) is 11.0. The molecule has 0 aromatic heterocycles. The fourth-order valence-electron chi connectivity index (χ4n) is 2.80. The summed E-state index contributed by atoms with van der Waals surface area (Å²) in [5.41, 5.74) is 9.15. The van der Waals surface area contributed by atoms with Gasteiger partial charge in [0.15, 0.2) is 0 Å². The van der Waals surface area contributed by atoms with Crippen LogP contribution in [-0.2, 0) is 6.42 Å². The van der Waals surface area contributed by atoms with Gasteiger partial charge in [-0.3, -0.25) is 0 Å². The highest BCUT2D eigenvalue weighted by molar-refractivity contribution is 5.70. The van der Waals surface area contributed by atoms with Gasteiger partial charge in [-0.15, -0.1) is 0 Å². The van der Waals surface area contributed by atoms with Gasteiger partial charge < -0.3 is 10.5 Å². The van der Waals surface area contributed by atoms with Gasteiger partial charge in [0.1, 0.15) is 11.6 Å². The van der Waals surface area contributed by atoms with Gasteiger partial charge in [-0.25, -0.2) is 4.39 Å². The van der Waals surface area contributed by atoms with Crippen LogP contribution in [0.25, 0.3) is 11.1 Å². The molecule has 0 aliphatic heterocycles. The molecule has 0 amide bonds. The van der Waals surface area contributed by atoms with E-state index in [1.807, 2.05) is 12.1 Å². The third kappa shape index (κ3) is 4.80. The highest BCUT2D eigenvalue weighted by atomic mass is 19.1. The Morgan fingerprint density at radius 2 is 1.83 bits per heavy atom. The van der Waals surface area contributed by atoms with Crippen LogP contribution in [0.5, 0.6) is 5.75 Å². The van der Waals surface area contributed by atoms with Crippen molar-refractivity contribution in [1.82, 2.24) is 0 Å². The maximum atomic E-state index is 13.5. The van der Waals surface area contributed by atoms with E-state index in [-0.39, 0.29) is 11.9 Å². The number of halogens is 1. The van der Waals surface area contributed by atoms with Crippen molar-refractivity contribution in [3.63, 3.8) is 0 Å². The molecule has 0 saturated carbocycles. The minimum Gasteiger partial charge on any atom is -0.496 e. The normalized spacial score (nSPS) is 13.6. The zero-order valence-corrected chi connectivity index (χ0v) is 14.2. The third-order valence-corrected chi connectivity index (χ3v) is 4.33. The lowest BCUT2D eigenvalue weighted by Gasteiger charge is -2.16. The Labute approximate surface area is 138 Å². The quantitative estimate of drug-likeness (QED) is 0.796. The lowest BCUT2D eigenvalue weighted by atomic mass is 9.94. The Hall–Kier alpha value is -1.87. The largest absolute Gasteiger partial charge is 0.496 e. The molecule has 0 aliphatic rings. The van der Waals surface area contributed by atoms with Crippen molar-refractivity contribution in [2.45, 2.75) is 39.2 Å². The molecule has 124 valence electrons. The van der Waals surface area contributed by atoms with Crippen molar-refractivity contribution < 1.29 is 9.13 Å². The predicted molar refractivity (Wildman–Crippen MR) is 94.1 cm³/mol. The molecular formula is C20H26FNO. The molecule has 2 N–H and O–H groups in total. The minimum atomic E-state index is -0.263. The molecule has 2 aromatic carbocycles. The topological polar surface area (TPSA) is 35.2 Å². The zero-order chi connectivity index (χ0) is 16.8. The van der Waals surface area contributed by atoms with Gasteiger partial charge >= 0.3 is 0 Å². The molecule has 0 spiro atoms. The molecule has 0 fully saturated rings. The van der Waals surface area contributed by atoms with E-state index in [1.165, 1.54) is 17.7 Å². The number of rotatable bonds is 7. The average molecular weight is 315 g/mol. The Bertz CT molecular complexity index is 624. The van der Waals surface area contributed by atoms with E-state index in [2.05, 4.69) is 26.0 Å². The second kappa shape index (κ2) is 8.11. The van der Waals surface area contributed by atoms with Crippen molar-refractivity contribution in [3.05, 3.63) is 53.8 Å². The molecule has 23 heavy (non-hydrogen) atoms. The Morgan fingerprint density at radius 1 is 1.13 bits per heavy atom. The summed E-state index contributed by atoms with van der Waals surface area (Å²) in [7, 11) is 1.60. The molecule has 2 rings (SSSR count). The molecule has 0 radical (unpaired) electrons. The summed E-state index contributed by atoms with van der Waals surface area (Å²) in [5, 5.41) is 0. The van der Waals surface area contributed by atoms with Gasteiger partial charge in [-0.2, -0.15) is 0 Å². The summed E-state index contributed by atoms with van der Waals surface area (Å²) < 4.78 is 18.8. The summed E-state index contributed by atoms with van der Waals surface area (Å²) in [6.07, 6.45) is 3.06. The van der Waals surface area contributed by atoms with Crippen molar-refractivity contribution in [3.8, 4) is 16.9 Å². The minimum absolute atomic E-state index is 0.180. The highest BCUT2D eigenvalue weighted by Crippen LogP contribution is 2.30. The number of hydrogen-bond donors (Lipinski definition) is 1. The second-order valence-corrected chi connectivity index (χ2v) is 6.25. The van der Waals surface area contributed by atoms with Crippen LogP contribution in [0.2, 0.25) is 0 Å². The van der Waals surface area contributed by atoms with Crippen LogP contribution in [0.4, 0.5) is 4.39 Å². The van der Waals surface area contributed by atoms with Crippen LogP contribution in [0.1, 0.15) is 32.3 Å². The Balaban J connectivity index is 2.12. The number of hydrogen-bond acceptors (Lipinski definition) is 2. The molecule has 3 heteroatoms.